The Morgan fingerprint density at radius 1 is 0.725 bits per heavy atom. The van der Waals surface area contributed by atoms with E-state index < -0.39 is 0 Å². The maximum Gasteiger partial charge on any atom is -0.0212 e. The number of hydrogen-bond acceptors (Lipinski definition) is 0. The van der Waals surface area contributed by atoms with Gasteiger partial charge in [-0.25, -0.2) is 0 Å². The van der Waals surface area contributed by atoms with Crippen molar-refractivity contribution in [1.29, 1.82) is 0 Å². The van der Waals surface area contributed by atoms with Gasteiger partial charge in [0.05, 0.1) is 0 Å². The third-order valence-electron chi connectivity index (χ3n) is 17.0. The first-order valence-corrected chi connectivity index (χ1v) is 18.7. The summed E-state index contributed by atoms with van der Waals surface area (Å²) >= 11 is 0. The summed E-state index contributed by atoms with van der Waals surface area (Å²) in [5.41, 5.74) is 1.33. The third-order valence-corrected chi connectivity index (χ3v) is 17.0. The fourth-order valence-electron chi connectivity index (χ4n) is 15.1. The molecule has 5 aliphatic rings. The van der Waals surface area contributed by atoms with Crippen molar-refractivity contribution >= 4 is 0 Å². The number of hydrogen-bond donors (Lipinski definition) is 0. The lowest BCUT2D eigenvalue weighted by atomic mass is 9.27. The van der Waals surface area contributed by atoms with E-state index in [2.05, 4.69) is 83.1 Å². The van der Waals surface area contributed by atoms with Gasteiger partial charge in [-0.3, -0.25) is 0 Å². The summed E-state index contributed by atoms with van der Waals surface area (Å²) in [6.07, 6.45) is 16.5. The summed E-state index contributed by atoms with van der Waals surface area (Å²) in [5.74, 6) is 12.3. The molecule has 0 bridgehead atoms. The van der Waals surface area contributed by atoms with Crippen LogP contribution in [0.3, 0.4) is 0 Å². The smallest absolute Gasteiger partial charge is 0.0212 e. The van der Waals surface area contributed by atoms with Gasteiger partial charge in [0.25, 0.3) is 0 Å². The lowest BCUT2D eigenvalue weighted by Crippen LogP contribution is -2.72. The van der Waals surface area contributed by atoms with Gasteiger partial charge in [-0.15, -0.1) is 0 Å². The van der Waals surface area contributed by atoms with Crippen LogP contribution in [0.4, 0.5) is 0 Å². The van der Waals surface area contributed by atoms with E-state index in [1.165, 1.54) is 70.6 Å². The summed E-state index contributed by atoms with van der Waals surface area (Å²) in [4.78, 5) is 0. The van der Waals surface area contributed by atoms with Crippen LogP contribution in [0.15, 0.2) is 0 Å². The van der Waals surface area contributed by atoms with Crippen molar-refractivity contribution in [3.63, 3.8) is 0 Å². The van der Waals surface area contributed by atoms with Crippen LogP contribution >= 0.6 is 0 Å². The fourth-order valence-corrected chi connectivity index (χ4v) is 15.1. The minimum Gasteiger partial charge on any atom is -0.0625 e. The average molecular weight is 553 g/mol. The second-order valence-electron chi connectivity index (χ2n) is 18.6. The quantitative estimate of drug-likeness (QED) is 0.307. The van der Waals surface area contributed by atoms with Crippen LogP contribution < -0.4 is 0 Å². The average Bonchev–Trinajstić information content (AvgIpc) is 3.40. The van der Waals surface area contributed by atoms with Crippen LogP contribution in [-0.4, -0.2) is 0 Å². The van der Waals surface area contributed by atoms with E-state index >= 15 is 0 Å². The highest BCUT2D eigenvalue weighted by molar-refractivity contribution is 5.20. The SMILES string of the molecule is CC(CCC1CCCC1)CC1C2(C)C(C)C3CCCC(C)C3C(C)C2C(C)C2(C)C(C)C(C(C)C)C(C)CC12C. The Morgan fingerprint density at radius 2 is 1.38 bits per heavy atom. The highest BCUT2D eigenvalue weighted by atomic mass is 14.8. The van der Waals surface area contributed by atoms with Crippen LogP contribution in [0, 0.1) is 99.1 Å². The van der Waals surface area contributed by atoms with Crippen molar-refractivity contribution < 1.29 is 0 Å². The Bertz CT molecular complexity index is 865. The highest BCUT2D eigenvalue weighted by Gasteiger charge is 2.73. The highest BCUT2D eigenvalue weighted by Crippen LogP contribution is 2.78. The number of fused-ring (bicyclic) bond motifs is 3. The molecule has 232 valence electrons. The minimum absolute atomic E-state index is 0.424. The predicted molar refractivity (Wildman–Crippen MR) is 175 cm³/mol. The van der Waals surface area contributed by atoms with Crippen molar-refractivity contribution in [2.24, 2.45) is 99.1 Å². The first-order valence-electron chi connectivity index (χ1n) is 18.7. The van der Waals surface area contributed by atoms with Crippen LogP contribution in [0.5, 0.6) is 0 Å². The first-order chi connectivity index (χ1) is 18.7. The molecule has 0 aromatic rings. The minimum atomic E-state index is 0.424. The topological polar surface area (TPSA) is 0 Å². The zero-order valence-electron chi connectivity index (χ0n) is 29.4. The lowest BCUT2D eigenvalue weighted by molar-refractivity contribution is -0.297. The second-order valence-corrected chi connectivity index (χ2v) is 18.6. The predicted octanol–water partition coefficient (Wildman–Crippen LogP) is 12.2. The molecule has 0 saturated heterocycles. The molecule has 5 aliphatic carbocycles. The molecular weight excluding hydrogens is 480 g/mol. The second kappa shape index (κ2) is 11.2. The summed E-state index contributed by atoms with van der Waals surface area (Å²) < 4.78 is 0. The van der Waals surface area contributed by atoms with Crippen molar-refractivity contribution in [3.8, 4) is 0 Å². The maximum atomic E-state index is 2.90. The van der Waals surface area contributed by atoms with E-state index in [1.54, 1.807) is 0 Å². The molecule has 0 nitrogen and oxygen atoms in total. The monoisotopic (exact) mass is 553 g/mol. The van der Waals surface area contributed by atoms with Crippen molar-refractivity contribution in [1.82, 2.24) is 0 Å². The van der Waals surface area contributed by atoms with E-state index in [9.17, 15) is 0 Å². The first kappa shape index (κ1) is 31.4. The molecule has 5 rings (SSSR count). The molecular formula is C40H72. The zero-order chi connectivity index (χ0) is 29.4. The Kier molecular flexibility index (Phi) is 8.78. The fraction of sp³-hybridized carbons (Fsp3) is 1.00. The van der Waals surface area contributed by atoms with Gasteiger partial charge in [-0.05, 0) is 118 Å². The Balaban J connectivity index is 1.59. The molecule has 5 saturated carbocycles. The molecule has 0 heterocycles. The largest absolute Gasteiger partial charge is 0.0625 e. The molecule has 15 unspecified atom stereocenters. The molecule has 0 aromatic carbocycles. The summed E-state index contributed by atoms with van der Waals surface area (Å²) in [6, 6.07) is 0. The van der Waals surface area contributed by atoms with Crippen LogP contribution in [0.2, 0.25) is 0 Å². The molecule has 0 spiro atoms. The third kappa shape index (κ3) is 4.46. The molecule has 0 amide bonds. The van der Waals surface area contributed by atoms with Gasteiger partial charge in [0.15, 0.2) is 0 Å². The van der Waals surface area contributed by atoms with E-state index in [1.807, 2.05) is 0 Å². The van der Waals surface area contributed by atoms with E-state index in [0.717, 1.165) is 82.9 Å². The molecule has 0 radical (unpaired) electrons. The lowest BCUT2D eigenvalue weighted by Gasteiger charge is -2.77. The van der Waals surface area contributed by atoms with Crippen LogP contribution in [-0.2, 0) is 0 Å². The Hall–Kier alpha value is 0. The van der Waals surface area contributed by atoms with Gasteiger partial charge in [0.2, 0.25) is 0 Å². The van der Waals surface area contributed by atoms with Crippen LogP contribution in [0.25, 0.3) is 0 Å². The zero-order valence-corrected chi connectivity index (χ0v) is 29.4. The Labute approximate surface area is 252 Å². The molecule has 0 aliphatic heterocycles. The van der Waals surface area contributed by atoms with Gasteiger partial charge in [-0.1, -0.05) is 134 Å². The van der Waals surface area contributed by atoms with Gasteiger partial charge < -0.3 is 0 Å². The molecule has 15 atom stereocenters. The maximum absolute atomic E-state index is 2.90. The van der Waals surface area contributed by atoms with Gasteiger partial charge >= 0.3 is 0 Å². The summed E-state index contributed by atoms with van der Waals surface area (Å²) in [7, 11) is 0. The summed E-state index contributed by atoms with van der Waals surface area (Å²) in [5, 5.41) is 0. The normalized spacial score (nSPS) is 54.1. The molecule has 40 heavy (non-hydrogen) atoms. The van der Waals surface area contributed by atoms with Gasteiger partial charge in [0.1, 0.15) is 0 Å². The van der Waals surface area contributed by atoms with E-state index in [0.29, 0.717) is 16.2 Å². The van der Waals surface area contributed by atoms with E-state index in [4.69, 9.17) is 0 Å². The van der Waals surface area contributed by atoms with Gasteiger partial charge in [0, 0.05) is 0 Å². The molecule has 0 heteroatoms. The molecule has 5 fully saturated rings. The molecule has 0 N–H and O–H groups in total. The van der Waals surface area contributed by atoms with Crippen molar-refractivity contribution in [2.75, 3.05) is 0 Å². The molecule has 0 aromatic heterocycles. The van der Waals surface area contributed by atoms with Gasteiger partial charge in [-0.2, -0.15) is 0 Å². The van der Waals surface area contributed by atoms with Crippen molar-refractivity contribution in [3.05, 3.63) is 0 Å². The van der Waals surface area contributed by atoms with Crippen LogP contribution in [0.1, 0.15) is 154 Å². The standard InChI is InChI=1S/C40H72/c1-24(2)35-27(5)23-38(10)34(22-25(3)20-21-32-17-13-14-18-32)39(11)29(7)33-19-15-16-26(4)36(33)28(6)37(39)31(9)40(38,12)30(35)8/h24-37H,13-23H2,1-12H3. The van der Waals surface area contributed by atoms with Crippen molar-refractivity contribution in [2.45, 2.75) is 154 Å². The summed E-state index contributed by atoms with van der Waals surface area (Å²) in [6.45, 7) is 32.8. The van der Waals surface area contributed by atoms with E-state index in [-0.39, 0.29) is 0 Å². The number of rotatable bonds is 6. The Morgan fingerprint density at radius 3 is 2.00 bits per heavy atom.